The normalized spacial score (nSPS) is 13.0. The van der Waals surface area contributed by atoms with Crippen molar-refractivity contribution in [3.63, 3.8) is 0 Å². The van der Waals surface area contributed by atoms with Gasteiger partial charge < -0.3 is 20.5 Å². The molecule has 0 bridgehead atoms. The molecule has 2 aromatic carbocycles. The lowest BCUT2D eigenvalue weighted by atomic mass is 10.1. The zero-order chi connectivity index (χ0) is 22.8. The van der Waals surface area contributed by atoms with Crippen LogP contribution in [0.15, 0.2) is 54.0 Å². The molecule has 9 nitrogen and oxygen atoms in total. The summed E-state index contributed by atoms with van der Waals surface area (Å²) in [5.41, 5.74) is 7.33. The Labute approximate surface area is 180 Å². The largest absolute Gasteiger partial charge is 0.456 e. The summed E-state index contributed by atoms with van der Waals surface area (Å²) in [5, 5.41) is 14.2. The highest BCUT2D eigenvalue weighted by Gasteiger charge is 2.24. The standard InChI is InChI=1S/C22H26N4O5/c1-14-20(23)24-18-11-16(8-9-19(18)30-14)13-25(21(27)31-22(2,3)4)12-15-6-5-7-17(10-15)26(28)29/h5-11,24H,12-13,23H2,1-4H3. The molecule has 3 N–H and O–H groups in total. The molecule has 0 aromatic heterocycles. The SMILES string of the molecule is CC1=C(N)Nc2cc(CN(Cc3cccc([N+](=O)[O-])c3)C(=O)OC(C)(C)C)ccc2O1. The van der Waals surface area contributed by atoms with Crippen LogP contribution >= 0.6 is 0 Å². The van der Waals surface area contributed by atoms with Crippen LogP contribution in [0.2, 0.25) is 0 Å². The van der Waals surface area contributed by atoms with Crippen LogP contribution in [-0.2, 0) is 17.8 Å². The number of nitrogens with one attached hydrogen (secondary N) is 1. The number of non-ortho nitro benzene ring substituents is 1. The number of ether oxygens (including phenoxy) is 2. The Morgan fingerprint density at radius 1 is 1.19 bits per heavy atom. The van der Waals surface area contributed by atoms with E-state index in [2.05, 4.69) is 5.32 Å². The number of fused-ring (bicyclic) bond motifs is 1. The van der Waals surface area contributed by atoms with Crippen molar-refractivity contribution >= 4 is 17.5 Å². The van der Waals surface area contributed by atoms with E-state index in [9.17, 15) is 14.9 Å². The number of nitro groups is 1. The molecule has 0 saturated heterocycles. The topological polar surface area (TPSA) is 120 Å². The summed E-state index contributed by atoms with van der Waals surface area (Å²) in [5.74, 6) is 1.64. The summed E-state index contributed by atoms with van der Waals surface area (Å²) in [4.78, 5) is 25.0. The van der Waals surface area contributed by atoms with Crippen LogP contribution in [0.1, 0.15) is 38.8 Å². The van der Waals surface area contributed by atoms with E-state index in [0.717, 1.165) is 5.56 Å². The van der Waals surface area contributed by atoms with Gasteiger partial charge in [0.25, 0.3) is 5.69 Å². The smallest absolute Gasteiger partial charge is 0.410 e. The fraction of sp³-hybridized carbons (Fsp3) is 0.318. The molecule has 0 aliphatic carbocycles. The van der Waals surface area contributed by atoms with Crippen LogP contribution < -0.4 is 15.8 Å². The lowest BCUT2D eigenvalue weighted by Crippen LogP contribution is -2.36. The molecule has 0 spiro atoms. The number of benzene rings is 2. The van der Waals surface area contributed by atoms with E-state index in [1.54, 1.807) is 45.9 Å². The number of hydrogen-bond acceptors (Lipinski definition) is 7. The molecule has 3 rings (SSSR count). The minimum Gasteiger partial charge on any atom is -0.456 e. The molecular formula is C22H26N4O5. The van der Waals surface area contributed by atoms with Crippen molar-refractivity contribution in [1.82, 2.24) is 4.90 Å². The summed E-state index contributed by atoms with van der Waals surface area (Å²) in [6.07, 6.45) is -0.517. The van der Waals surface area contributed by atoms with Gasteiger partial charge in [0, 0.05) is 25.2 Å². The molecule has 31 heavy (non-hydrogen) atoms. The number of nitro benzene ring substituents is 1. The summed E-state index contributed by atoms with van der Waals surface area (Å²) in [6, 6.07) is 11.7. The average molecular weight is 426 g/mol. The van der Waals surface area contributed by atoms with E-state index in [4.69, 9.17) is 15.2 Å². The Morgan fingerprint density at radius 3 is 2.52 bits per heavy atom. The predicted octanol–water partition coefficient (Wildman–Crippen LogP) is 4.48. The molecule has 0 atom stereocenters. The molecule has 2 aromatic rings. The van der Waals surface area contributed by atoms with E-state index in [0.29, 0.717) is 28.6 Å². The first kappa shape index (κ1) is 21.9. The number of anilines is 1. The zero-order valence-electron chi connectivity index (χ0n) is 18.0. The average Bonchev–Trinajstić information content (AvgIpc) is 2.67. The number of nitrogens with two attached hydrogens (primary N) is 1. The second-order valence-electron chi connectivity index (χ2n) is 8.29. The van der Waals surface area contributed by atoms with Crippen molar-refractivity contribution in [1.29, 1.82) is 0 Å². The molecule has 0 saturated carbocycles. The first-order valence-electron chi connectivity index (χ1n) is 9.77. The number of amides is 1. The lowest BCUT2D eigenvalue weighted by molar-refractivity contribution is -0.384. The number of hydrogen-bond donors (Lipinski definition) is 2. The molecule has 1 aliphatic heterocycles. The van der Waals surface area contributed by atoms with Crippen LogP contribution in [0.5, 0.6) is 5.75 Å². The van der Waals surface area contributed by atoms with Crippen molar-refractivity contribution in [2.75, 3.05) is 5.32 Å². The Kier molecular flexibility index (Phi) is 6.05. The number of carbonyl (C=O) groups is 1. The van der Waals surface area contributed by atoms with Gasteiger partial charge in [0.05, 0.1) is 10.6 Å². The number of rotatable bonds is 5. The van der Waals surface area contributed by atoms with Crippen LogP contribution in [-0.4, -0.2) is 21.5 Å². The number of carbonyl (C=O) groups excluding carboxylic acids is 1. The minimum absolute atomic E-state index is 0.0330. The van der Waals surface area contributed by atoms with E-state index in [1.165, 1.54) is 17.0 Å². The summed E-state index contributed by atoms with van der Waals surface area (Å²) in [6.45, 7) is 7.51. The maximum absolute atomic E-state index is 12.9. The van der Waals surface area contributed by atoms with Gasteiger partial charge >= 0.3 is 6.09 Å². The van der Waals surface area contributed by atoms with Crippen molar-refractivity contribution in [2.24, 2.45) is 5.73 Å². The second kappa shape index (κ2) is 8.55. The highest BCUT2D eigenvalue weighted by atomic mass is 16.6. The number of nitrogens with zero attached hydrogens (tertiary/aromatic N) is 2. The Bertz CT molecular complexity index is 1040. The Morgan fingerprint density at radius 2 is 1.87 bits per heavy atom. The van der Waals surface area contributed by atoms with Gasteiger partial charge in [-0.2, -0.15) is 0 Å². The molecule has 164 valence electrons. The quantitative estimate of drug-likeness (QED) is 0.534. The van der Waals surface area contributed by atoms with Crippen LogP contribution in [0.25, 0.3) is 0 Å². The first-order valence-corrected chi connectivity index (χ1v) is 9.77. The molecule has 1 aliphatic rings. The van der Waals surface area contributed by atoms with Crippen LogP contribution in [0.3, 0.4) is 0 Å². The van der Waals surface area contributed by atoms with Gasteiger partial charge in [-0.25, -0.2) is 4.79 Å². The third-order valence-electron chi connectivity index (χ3n) is 4.48. The van der Waals surface area contributed by atoms with E-state index < -0.39 is 16.6 Å². The van der Waals surface area contributed by atoms with Gasteiger partial charge in [-0.3, -0.25) is 15.0 Å². The maximum atomic E-state index is 12.9. The van der Waals surface area contributed by atoms with E-state index in [-0.39, 0.29) is 18.8 Å². The fourth-order valence-electron chi connectivity index (χ4n) is 3.04. The third-order valence-corrected chi connectivity index (χ3v) is 4.48. The van der Waals surface area contributed by atoms with Gasteiger partial charge in [-0.15, -0.1) is 0 Å². The highest BCUT2D eigenvalue weighted by molar-refractivity contribution is 5.69. The Balaban J connectivity index is 1.86. The molecule has 0 radical (unpaired) electrons. The predicted molar refractivity (Wildman–Crippen MR) is 116 cm³/mol. The van der Waals surface area contributed by atoms with Crippen molar-refractivity contribution in [3.8, 4) is 5.75 Å². The zero-order valence-corrected chi connectivity index (χ0v) is 18.0. The molecule has 0 fully saturated rings. The summed E-state index contributed by atoms with van der Waals surface area (Å²) in [7, 11) is 0. The number of allylic oxidation sites excluding steroid dienone is 1. The third kappa shape index (κ3) is 5.65. The molecule has 1 amide bonds. The van der Waals surface area contributed by atoms with Gasteiger partial charge in [0.2, 0.25) is 0 Å². The summed E-state index contributed by atoms with van der Waals surface area (Å²) >= 11 is 0. The molecule has 9 heteroatoms. The highest BCUT2D eigenvalue weighted by Crippen LogP contribution is 2.32. The van der Waals surface area contributed by atoms with Gasteiger partial charge in [0.15, 0.2) is 5.75 Å². The minimum atomic E-state index is -0.681. The molecular weight excluding hydrogens is 400 g/mol. The monoisotopic (exact) mass is 426 g/mol. The van der Waals surface area contributed by atoms with Gasteiger partial charge in [-0.1, -0.05) is 18.2 Å². The van der Waals surface area contributed by atoms with E-state index in [1.807, 2.05) is 12.1 Å². The molecule has 0 unspecified atom stereocenters. The molecule has 1 heterocycles. The van der Waals surface area contributed by atoms with Gasteiger partial charge in [0.1, 0.15) is 17.2 Å². The van der Waals surface area contributed by atoms with Crippen molar-refractivity contribution in [2.45, 2.75) is 46.4 Å². The van der Waals surface area contributed by atoms with Crippen molar-refractivity contribution < 1.29 is 19.2 Å². The summed E-state index contributed by atoms with van der Waals surface area (Å²) < 4.78 is 11.2. The fourth-order valence-corrected chi connectivity index (χ4v) is 3.04. The maximum Gasteiger partial charge on any atom is 0.410 e. The first-order chi connectivity index (χ1) is 14.5. The van der Waals surface area contributed by atoms with Crippen molar-refractivity contribution in [3.05, 3.63) is 75.3 Å². The lowest BCUT2D eigenvalue weighted by Gasteiger charge is -2.28. The van der Waals surface area contributed by atoms with Gasteiger partial charge in [-0.05, 0) is 51.0 Å². The van der Waals surface area contributed by atoms with E-state index >= 15 is 0 Å². The van der Waals surface area contributed by atoms with Crippen LogP contribution in [0, 0.1) is 10.1 Å². The second-order valence-corrected chi connectivity index (χ2v) is 8.29. The van der Waals surface area contributed by atoms with Crippen LogP contribution in [0.4, 0.5) is 16.2 Å². The Hall–Kier alpha value is -3.75.